The Kier molecular flexibility index (Phi) is 5.17. The first-order valence-electron chi connectivity index (χ1n) is 9.21. The largest absolute Gasteiger partial charge is 0.269 e. The fourth-order valence-electron chi connectivity index (χ4n) is 3.67. The average molecular weight is 412 g/mol. The Labute approximate surface area is 170 Å². The number of benzene rings is 2. The van der Waals surface area contributed by atoms with Crippen molar-refractivity contribution in [2.24, 2.45) is 5.92 Å². The monoisotopic (exact) mass is 411 g/mol. The van der Waals surface area contributed by atoms with Crippen LogP contribution < -0.4 is 0 Å². The number of amides is 1. The van der Waals surface area contributed by atoms with Crippen molar-refractivity contribution in [3.63, 3.8) is 0 Å². The van der Waals surface area contributed by atoms with Crippen molar-refractivity contribution in [1.82, 2.24) is 4.31 Å². The summed E-state index contributed by atoms with van der Waals surface area (Å²) in [6.45, 7) is 1.90. The summed E-state index contributed by atoms with van der Waals surface area (Å²) < 4.78 is 27.6. The highest BCUT2D eigenvalue weighted by atomic mass is 32.2. The number of fused-ring (bicyclic) bond motifs is 1. The summed E-state index contributed by atoms with van der Waals surface area (Å²) in [7, 11) is -3.90. The molecule has 0 fully saturated rings. The molecule has 2 aliphatic rings. The Balaban J connectivity index is 1.72. The molecule has 0 saturated heterocycles. The molecule has 0 saturated carbocycles. The lowest BCUT2D eigenvalue weighted by atomic mass is 9.86. The van der Waals surface area contributed by atoms with Gasteiger partial charge in [-0.25, -0.2) is 12.7 Å². The zero-order valence-electron chi connectivity index (χ0n) is 15.5. The van der Waals surface area contributed by atoms with Crippen molar-refractivity contribution in [1.29, 1.82) is 0 Å². The first kappa shape index (κ1) is 19.0. The third-order valence-corrected chi connectivity index (χ3v) is 8.11. The standard InChI is InChI=1S/C22H21NO3S2/c1-16-11-13-18(14-12-16)28(25,26)23-20-10-6-5-9-19(20)21(15-22(23)24)27-17-7-3-2-4-8-17/h2-8,11-15,19-20H,9-10H2,1H3/t19-,20+/m1/s1. The Morgan fingerprint density at radius 3 is 2.36 bits per heavy atom. The molecule has 1 heterocycles. The summed E-state index contributed by atoms with van der Waals surface area (Å²) in [6.07, 6.45) is 6.82. The number of aryl methyl sites for hydroxylation is 1. The van der Waals surface area contributed by atoms with Crippen molar-refractivity contribution in [3.05, 3.63) is 83.3 Å². The average Bonchev–Trinajstić information content (AvgIpc) is 2.69. The summed E-state index contributed by atoms with van der Waals surface area (Å²) >= 11 is 1.55. The van der Waals surface area contributed by atoms with Gasteiger partial charge in [-0.3, -0.25) is 4.79 Å². The normalized spacial score (nSPS) is 22.0. The number of hydrogen-bond donors (Lipinski definition) is 0. The Bertz CT molecular complexity index is 1040. The van der Waals surface area contributed by atoms with Crippen molar-refractivity contribution in [3.8, 4) is 0 Å². The molecule has 0 unspecified atom stereocenters. The Hall–Kier alpha value is -2.31. The van der Waals surface area contributed by atoms with Gasteiger partial charge in [0.1, 0.15) is 0 Å². The van der Waals surface area contributed by atoms with E-state index in [1.807, 2.05) is 43.3 Å². The van der Waals surface area contributed by atoms with Gasteiger partial charge in [0.05, 0.1) is 10.9 Å². The van der Waals surface area contributed by atoms with E-state index in [1.54, 1.807) is 36.0 Å². The van der Waals surface area contributed by atoms with Crippen LogP contribution in [0.15, 0.2) is 87.5 Å². The Morgan fingerprint density at radius 1 is 0.964 bits per heavy atom. The molecule has 28 heavy (non-hydrogen) atoms. The molecule has 2 aromatic carbocycles. The number of carbonyl (C=O) groups is 1. The van der Waals surface area contributed by atoms with Crippen LogP contribution in [-0.4, -0.2) is 24.7 Å². The lowest BCUT2D eigenvalue weighted by Crippen LogP contribution is -2.51. The molecule has 0 aromatic heterocycles. The van der Waals surface area contributed by atoms with E-state index >= 15 is 0 Å². The second-order valence-electron chi connectivity index (χ2n) is 7.03. The molecule has 0 spiro atoms. The van der Waals surface area contributed by atoms with Gasteiger partial charge >= 0.3 is 0 Å². The SMILES string of the molecule is Cc1ccc(S(=O)(=O)N2C(=O)C=C(Sc3ccccc3)[C@@H]3CC=CC[C@@H]32)cc1. The molecular formula is C22H21NO3S2. The summed E-state index contributed by atoms with van der Waals surface area (Å²) in [5, 5.41) is 0. The maximum absolute atomic E-state index is 13.3. The van der Waals surface area contributed by atoms with Crippen LogP contribution in [0.3, 0.4) is 0 Å². The molecule has 2 aromatic rings. The van der Waals surface area contributed by atoms with Crippen LogP contribution in [0.1, 0.15) is 18.4 Å². The van der Waals surface area contributed by atoms with Crippen LogP contribution in [-0.2, 0) is 14.8 Å². The lowest BCUT2D eigenvalue weighted by Gasteiger charge is -2.40. The van der Waals surface area contributed by atoms with Gasteiger partial charge in [-0.1, -0.05) is 59.8 Å². The number of carbonyl (C=O) groups excluding carboxylic acids is 1. The molecule has 4 nitrogen and oxygen atoms in total. The third kappa shape index (κ3) is 3.54. The Morgan fingerprint density at radius 2 is 1.64 bits per heavy atom. The van der Waals surface area contributed by atoms with Gasteiger partial charge in [-0.15, -0.1) is 0 Å². The van der Waals surface area contributed by atoms with Crippen molar-refractivity contribution in [2.45, 2.75) is 35.6 Å². The number of allylic oxidation sites excluding steroid dienone is 1. The van der Waals surface area contributed by atoms with Crippen LogP contribution in [0.25, 0.3) is 0 Å². The molecule has 0 radical (unpaired) electrons. The molecule has 0 bridgehead atoms. The molecule has 4 rings (SSSR count). The van der Waals surface area contributed by atoms with Gasteiger partial charge < -0.3 is 0 Å². The van der Waals surface area contributed by atoms with E-state index in [-0.39, 0.29) is 16.9 Å². The summed E-state index contributed by atoms with van der Waals surface area (Å²) in [4.78, 5) is 15.1. The maximum atomic E-state index is 13.3. The molecular weight excluding hydrogens is 390 g/mol. The number of sulfonamides is 1. The quantitative estimate of drug-likeness (QED) is 0.694. The number of thioether (sulfide) groups is 1. The number of nitrogens with zero attached hydrogens (tertiary/aromatic N) is 1. The summed E-state index contributed by atoms with van der Waals surface area (Å²) in [5.41, 5.74) is 0.976. The second kappa shape index (κ2) is 7.60. The van der Waals surface area contributed by atoms with Crippen LogP contribution in [0.4, 0.5) is 0 Å². The third-order valence-electron chi connectivity index (χ3n) is 5.11. The highest BCUT2D eigenvalue weighted by Gasteiger charge is 2.44. The molecule has 144 valence electrons. The fraction of sp³-hybridized carbons (Fsp3) is 0.227. The van der Waals surface area contributed by atoms with Crippen molar-refractivity contribution >= 4 is 27.7 Å². The zero-order chi connectivity index (χ0) is 19.7. The zero-order valence-corrected chi connectivity index (χ0v) is 17.1. The first-order chi connectivity index (χ1) is 13.5. The summed E-state index contributed by atoms with van der Waals surface area (Å²) in [6, 6.07) is 16.1. The van der Waals surface area contributed by atoms with Gasteiger partial charge in [0.2, 0.25) is 0 Å². The van der Waals surface area contributed by atoms with E-state index in [0.717, 1.165) is 26.1 Å². The lowest BCUT2D eigenvalue weighted by molar-refractivity contribution is -0.124. The van der Waals surface area contributed by atoms with E-state index in [2.05, 4.69) is 6.08 Å². The van der Waals surface area contributed by atoms with Crippen LogP contribution in [0.2, 0.25) is 0 Å². The number of rotatable bonds is 4. The molecule has 2 atom stereocenters. The van der Waals surface area contributed by atoms with Gasteiger partial charge in [0.25, 0.3) is 15.9 Å². The highest BCUT2D eigenvalue weighted by molar-refractivity contribution is 8.03. The van der Waals surface area contributed by atoms with Crippen LogP contribution in [0, 0.1) is 12.8 Å². The van der Waals surface area contributed by atoms with E-state index in [1.165, 1.54) is 6.08 Å². The maximum Gasteiger partial charge on any atom is 0.267 e. The predicted molar refractivity (Wildman–Crippen MR) is 111 cm³/mol. The van der Waals surface area contributed by atoms with E-state index in [0.29, 0.717) is 6.42 Å². The van der Waals surface area contributed by atoms with Crippen molar-refractivity contribution in [2.75, 3.05) is 0 Å². The van der Waals surface area contributed by atoms with E-state index < -0.39 is 15.9 Å². The van der Waals surface area contributed by atoms with Gasteiger partial charge in [-0.05, 0) is 44.0 Å². The predicted octanol–water partition coefficient (Wildman–Crippen LogP) is 4.54. The van der Waals surface area contributed by atoms with Gasteiger partial charge in [-0.2, -0.15) is 0 Å². The first-order valence-corrected chi connectivity index (χ1v) is 11.5. The minimum atomic E-state index is -3.90. The molecule has 1 aliphatic carbocycles. The van der Waals surface area contributed by atoms with Gasteiger partial charge in [0.15, 0.2) is 0 Å². The molecule has 0 N–H and O–H groups in total. The minimum Gasteiger partial charge on any atom is -0.269 e. The van der Waals surface area contributed by atoms with Gasteiger partial charge in [0, 0.05) is 21.8 Å². The fourth-order valence-corrected chi connectivity index (χ4v) is 6.39. The number of hydrogen-bond acceptors (Lipinski definition) is 4. The smallest absolute Gasteiger partial charge is 0.267 e. The summed E-state index contributed by atoms with van der Waals surface area (Å²) in [5.74, 6) is -0.483. The minimum absolute atomic E-state index is 0.0203. The van der Waals surface area contributed by atoms with Crippen LogP contribution in [0.5, 0.6) is 0 Å². The molecule has 1 amide bonds. The molecule has 1 aliphatic heterocycles. The highest BCUT2D eigenvalue weighted by Crippen LogP contribution is 2.43. The molecule has 6 heteroatoms. The van der Waals surface area contributed by atoms with Crippen LogP contribution >= 0.6 is 11.8 Å². The topological polar surface area (TPSA) is 54.5 Å². The van der Waals surface area contributed by atoms with E-state index in [9.17, 15) is 13.2 Å². The second-order valence-corrected chi connectivity index (χ2v) is 9.99. The van der Waals surface area contributed by atoms with Crippen molar-refractivity contribution < 1.29 is 13.2 Å². The van der Waals surface area contributed by atoms with E-state index in [4.69, 9.17) is 0 Å².